The number of fused-ring (bicyclic) bond motifs is 2. The number of hydrogen-bond donors (Lipinski definition) is 0. The summed E-state index contributed by atoms with van der Waals surface area (Å²) in [5.74, 6) is 0.0111. The number of anilines is 1. The van der Waals surface area contributed by atoms with Gasteiger partial charge in [0.2, 0.25) is 5.76 Å². The zero-order valence-electron chi connectivity index (χ0n) is 23.9. The lowest BCUT2D eigenvalue weighted by Crippen LogP contribution is -2.29. The number of hydrogen-bond acceptors (Lipinski definition) is 5. The van der Waals surface area contributed by atoms with Gasteiger partial charge in [-0.3, -0.25) is 14.5 Å². The van der Waals surface area contributed by atoms with E-state index in [0.717, 1.165) is 42.5 Å². The van der Waals surface area contributed by atoms with Gasteiger partial charge in [0.1, 0.15) is 5.58 Å². The average Bonchev–Trinajstić information content (AvgIpc) is 3.25. The highest BCUT2D eigenvalue weighted by Crippen LogP contribution is 2.44. The van der Waals surface area contributed by atoms with Gasteiger partial charge in [-0.25, -0.2) is 0 Å². The molecule has 0 spiro atoms. The molecule has 0 saturated carbocycles. The fraction of sp³-hybridized carbons (Fsp3) is 0.333. The normalized spacial score (nSPS) is 14.9. The van der Waals surface area contributed by atoms with Gasteiger partial charge in [-0.1, -0.05) is 31.9 Å². The smallest absolute Gasteiger partial charge is 0.416 e. The monoisotopic (exact) mass is 579 g/mol. The molecule has 0 N–H and O–H groups in total. The molecule has 220 valence electrons. The third-order valence-electron chi connectivity index (χ3n) is 7.53. The standard InChI is InChI=1S/C33H32F3NO5/c1-5-7-8-14-41-25-13-12-21(17-27(25)40-6-2)29-28-30(38)24-15-19(3)20(4)16-26(24)42-31(28)32(39)37(29)23-11-9-10-22(18-23)33(34,35)36/h9-13,15-18,29H,5-8,14H2,1-4H3. The molecule has 2 heterocycles. The van der Waals surface area contributed by atoms with Gasteiger partial charge in [-0.05, 0) is 86.3 Å². The van der Waals surface area contributed by atoms with E-state index in [1.54, 1.807) is 30.3 Å². The molecule has 4 aromatic rings. The van der Waals surface area contributed by atoms with Gasteiger partial charge in [0.05, 0.1) is 35.8 Å². The maximum Gasteiger partial charge on any atom is 0.416 e. The number of halogens is 3. The Morgan fingerprint density at radius 2 is 1.67 bits per heavy atom. The van der Waals surface area contributed by atoms with Crippen molar-refractivity contribution in [1.29, 1.82) is 0 Å². The number of amides is 1. The number of alkyl halides is 3. The van der Waals surface area contributed by atoms with Crippen molar-refractivity contribution in [2.75, 3.05) is 18.1 Å². The minimum atomic E-state index is -4.63. The van der Waals surface area contributed by atoms with Crippen LogP contribution in [0.2, 0.25) is 0 Å². The molecule has 0 fully saturated rings. The molecule has 9 heteroatoms. The highest BCUT2D eigenvalue weighted by atomic mass is 19.4. The van der Waals surface area contributed by atoms with Crippen LogP contribution in [0.4, 0.5) is 18.9 Å². The van der Waals surface area contributed by atoms with Gasteiger partial charge in [-0.15, -0.1) is 0 Å². The van der Waals surface area contributed by atoms with E-state index in [-0.39, 0.29) is 22.6 Å². The summed E-state index contributed by atoms with van der Waals surface area (Å²) in [6.07, 6.45) is -1.71. The van der Waals surface area contributed by atoms with Crippen LogP contribution in [0.25, 0.3) is 11.0 Å². The summed E-state index contributed by atoms with van der Waals surface area (Å²) in [7, 11) is 0. The van der Waals surface area contributed by atoms with E-state index in [1.165, 1.54) is 17.0 Å². The van der Waals surface area contributed by atoms with Crippen molar-refractivity contribution in [2.45, 2.75) is 59.2 Å². The minimum Gasteiger partial charge on any atom is -0.490 e. The molecule has 1 aliphatic heterocycles. The largest absolute Gasteiger partial charge is 0.490 e. The molecule has 5 rings (SSSR count). The van der Waals surface area contributed by atoms with E-state index in [9.17, 15) is 22.8 Å². The van der Waals surface area contributed by atoms with Crippen molar-refractivity contribution in [3.05, 3.63) is 98.4 Å². The highest BCUT2D eigenvalue weighted by molar-refractivity contribution is 6.10. The Hall–Kier alpha value is -4.27. The molecular weight excluding hydrogens is 547 g/mol. The number of unbranched alkanes of at least 4 members (excludes halogenated alkanes) is 2. The van der Waals surface area contributed by atoms with Crippen LogP contribution in [0.15, 0.2) is 63.8 Å². The lowest BCUT2D eigenvalue weighted by Gasteiger charge is -2.26. The van der Waals surface area contributed by atoms with Crippen LogP contribution in [-0.4, -0.2) is 19.1 Å². The van der Waals surface area contributed by atoms with Crippen LogP contribution >= 0.6 is 0 Å². The van der Waals surface area contributed by atoms with Crippen LogP contribution in [0.1, 0.15) is 77.5 Å². The van der Waals surface area contributed by atoms with Crippen LogP contribution in [0, 0.1) is 13.8 Å². The molecule has 3 aromatic carbocycles. The molecule has 1 aliphatic rings. The van der Waals surface area contributed by atoms with Crippen LogP contribution in [-0.2, 0) is 6.18 Å². The van der Waals surface area contributed by atoms with Gasteiger partial charge in [0.15, 0.2) is 16.9 Å². The third kappa shape index (κ3) is 5.35. The number of carbonyl (C=O) groups excluding carboxylic acids is 1. The molecule has 42 heavy (non-hydrogen) atoms. The topological polar surface area (TPSA) is 69.0 Å². The Bertz CT molecular complexity index is 1710. The van der Waals surface area contributed by atoms with Crippen LogP contribution in [0.3, 0.4) is 0 Å². The Balaban J connectivity index is 1.71. The molecule has 1 aromatic heterocycles. The predicted molar refractivity (Wildman–Crippen MR) is 155 cm³/mol. The van der Waals surface area contributed by atoms with E-state index in [1.807, 2.05) is 20.8 Å². The van der Waals surface area contributed by atoms with Gasteiger partial charge < -0.3 is 13.9 Å². The van der Waals surface area contributed by atoms with E-state index >= 15 is 0 Å². The summed E-state index contributed by atoms with van der Waals surface area (Å²) in [6.45, 7) is 8.47. The second kappa shape index (κ2) is 11.5. The van der Waals surface area contributed by atoms with E-state index in [2.05, 4.69) is 6.92 Å². The molecule has 1 unspecified atom stereocenters. The number of aryl methyl sites for hydroxylation is 2. The van der Waals surface area contributed by atoms with Crippen molar-refractivity contribution in [3.63, 3.8) is 0 Å². The molecule has 0 radical (unpaired) electrons. The zero-order chi connectivity index (χ0) is 30.2. The second-order valence-corrected chi connectivity index (χ2v) is 10.4. The predicted octanol–water partition coefficient (Wildman–Crippen LogP) is 8.15. The Labute approximate surface area is 241 Å². The van der Waals surface area contributed by atoms with Crippen LogP contribution < -0.4 is 19.8 Å². The molecule has 6 nitrogen and oxygen atoms in total. The van der Waals surface area contributed by atoms with Gasteiger partial charge >= 0.3 is 6.18 Å². The van der Waals surface area contributed by atoms with E-state index < -0.39 is 29.1 Å². The number of carbonyl (C=O) groups is 1. The maximum absolute atomic E-state index is 14.0. The average molecular weight is 580 g/mol. The Kier molecular flexibility index (Phi) is 8.03. The van der Waals surface area contributed by atoms with Crippen molar-refractivity contribution >= 4 is 22.6 Å². The highest BCUT2D eigenvalue weighted by Gasteiger charge is 2.44. The first kappa shape index (κ1) is 29.2. The lowest BCUT2D eigenvalue weighted by molar-refractivity contribution is -0.137. The summed E-state index contributed by atoms with van der Waals surface area (Å²) in [4.78, 5) is 29.1. The lowest BCUT2D eigenvalue weighted by atomic mass is 9.96. The number of ether oxygens (including phenoxy) is 2. The summed E-state index contributed by atoms with van der Waals surface area (Å²) >= 11 is 0. The first-order valence-corrected chi connectivity index (χ1v) is 14.0. The molecule has 1 amide bonds. The fourth-order valence-corrected chi connectivity index (χ4v) is 5.26. The second-order valence-electron chi connectivity index (χ2n) is 10.4. The van der Waals surface area contributed by atoms with Crippen molar-refractivity contribution in [2.24, 2.45) is 0 Å². The number of nitrogens with zero attached hydrogens (tertiary/aromatic N) is 1. The fourth-order valence-electron chi connectivity index (χ4n) is 5.26. The summed E-state index contributed by atoms with van der Waals surface area (Å²) in [5.41, 5.74) is 1.17. The SMILES string of the molecule is CCCCCOc1ccc(C2c3c(oc4cc(C)c(C)cc4c3=O)C(=O)N2c2cccc(C(F)(F)F)c2)cc1OCC. The summed E-state index contributed by atoms with van der Waals surface area (Å²) in [6, 6.07) is 11.9. The van der Waals surface area contributed by atoms with Gasteiger partial charge in [0.25, 0.3) is 5.91 Å². The molecule has 0 aliphatic carbocycles. The minimum absolute atomic E-state index is 0.0140. The van der Waals surface area contributed by atoms with Crippen molar-refractivity contribution in [3.8, 4) is 11.5 Å². The first-order valence-electron chi connectivity index (χ1n) is 14.0. The number of benzene rings is 3. The van der Waals surface area contributed by atoms with Crippen molar-refractivity contribution < 1.29 is 31.9 Å². The van der Waals surface area contributed by atoms with E-state index in [0.29, 0.717) is 35.7 Å². The number of rotatable bonds is 9. The Morgan fingerprint density at radius 3 is 2.38 bits per heavy atom. The molecule has 1 atom stereocenters. The maximum atomic E-state index is 14.0. The van der Waals surface area contributed by atoms with Gasteiger partial charge in [-0.2, -0.15) is 13.2 Å². The molecular formula is C33H32F3NO5. The van der Waals surface area contributed by atoms with Crippen molar-refractivity contribution in [1.82, 2.24) is 0 Å². The molecule has 0 saturated heterocycles. The van der Waals surface area contributed by atoms with Crippen LogP contribution in [0.5, 0.6) is 11.5 Å². The summed E-state index contributed by atoms with van der Waals surface area (Å²) in [5, 5.41) is 0.293. The quantitative estimate of drug-likeness (QED) is 0.187. The molecule has 0 bridgehead atoms. The summed E-state index contributed by atoms with van der Waals surface area (Å²) < 4.78 is 58.9. The first-order chi connectivity index (χ1) is 20.0. The Morgan fingerprint density at radius 1 is 0.905 bits per heavy atom. The zero-order valence-corrected chi connectivity index (χ0v) is 23.9. The van der Waals surface area contributed by atoms with Gasteiger partial charge in [0, 0.05) is 5.69 Å². The third-order valence-corrected chi connectivity index (χ3v) is 7.53. The van der Waals surface area contributed by atoms with E-state index in [4.69, 9.17) is 13.9 Å².